The molecule has 168 valence electrons. The molecule has 0 fully saturated rings. The van der Waals surface area contributed by atoms with E-state index in [0.717, 1.165) is 12.1 Å². The predicted octanol–water partition coefficient (Wildman–Crippen LogP) is 4.70. The first-order valence-electron chi connectivity index (χ1n) is 10.0. The number of hydrogen-bond donors (Lipinski definition) is 1. The summed E-state index contributed by atoms with van der Waals surface area (Å²) < 4.78 is 1.33. The normalized spacial score (nSPS) is 11.0. The highest BCUT2D eigenvalue weighted by Gasteiger charge is 2.15. The molecule has 0 aliphatic heterocycles. The summed E-state index contributed by atoms with van der Waals surface area (Å²) in [7, 11) is 3.89. The molecule has 32 heavy (non-hydrogen) atoms. The fourth-order valence-corrected chi connectivity index (χ4v) is 3.82. The van der Waals surface area contributed by atoms with Crippen molar-refractivity contribution in [2.75, 3.05) is 32.1 Å². The predicted molar refractivity (Wildman–Crippen MR) is 128 cm³/mol. The Morgan fingerprint density at radius 3 is 2.41 bits per heavy atom. The van der Waals surface area contributed by atoms with E-state index in [1.54, 1.807) is 42.5 Å². The lowest BCUT2D eigenvalue weighted by Crippen LogP contribution is -2.32. The molecule has 0 spiro atoms. The molecule has 1 aromatic heterocycles. The van der Waals surface area contributed by atoms with Crippen LogP contribution < -0.4 is 10.5 Å². The maximum Gasteiger partial charge on any atom is 0.411 e. The molecule has 0 aliphatic carbocycles. The molecule has 0 aliphatic rings. The lowest BCUT2D eigenvalue weighted by molar-refractivity contribution is 0.201. The van der Waals surface area contributed by atoms with Gasteiger partial charge < -0.3 is 10.0 Å². The van der Waals surface area contributed by atoms with Gasteiger partial charge in [-0.3, -0.25) is 9.69 Å². The van der Waals surface area contributed by atoms with E-state index >= 15 is 0 Å². The molecule has 0 radical (unpaired) electrons. The molecule has 1 amide bonds. The molecule has 0 atom stereocenters. The molecule has 0 saturated carbocycles. The summed E-state index contributed by atoms with van der Waals surface area (Å²) in [6, 6.07) is 15.3. The van der Waals surface area contributed by atoms with Crippen molar-refractivity contribution in [1.29, 1.82) is 0 Å². The number of carboxylic acid groups (broad SMARTS) is 1. The van der Waals surface area contributed by atoms with E-state index in [-0.39, 0.29) is 12.1 Å². The van der Waals surface area contributed by atoms with Gasteiger partial charge in [-0.15, -0.1) is 0 Å². The number of rotatable bonds is 8. The van der Waals surface area contributed by atoms with Crippen molar-refractivity contribution >= 4 is 35.0 Å². The molecule has 0 bridgehead atoms. The number of aromatic nitrogens is 2. The van der Waals surface area contributed by atoms with Crippen LogP contribution in [0.25, 0.3) is 11.3 Å². The summed E-state index contributed by atoms with van der Waals surface area (Å²) in [6.07, 6.45) is -0.314. The van der Waals surface area contributed by atoms with Crippen molar-refractivity contribution in [3.63, 3.8) is 0 Å². The van der Waals surface area contributed by atoms with Gasteiger partial charge in [0.1, 0.15) is 0 Å². The maximum absolute atomic E-state index is 12.4. The van der Waals surface area contributed by atoms with Crippen LogP contribution >= 0.6 is 23.2 Å². The zero-order valence-corrected chi connectivity index (χ0v) is 19.3. The second-order valence-corrected chi connectivity index (χ2v) is 8.51. The van der Waals surface area contributed by atoms with Crippen LogP contribution in [0.1, 0.15) is 12.0 Å². The third kappa shape index (κ3) is 6.32. The molecule has 3 aromatic rings. The van der Waals surface area contributed by atoms with Crippen LogP contribution in [-0.4, -0.2) is 53.1 Å². The lowest BCUT2D eigenvalue weighted by atomic mass is 10.1. The molecular formula is C23H24Cl2N4O3. The molecule has 1 N–H and O–H groups in total. The van der Waals surface area contributed by atoms with Gasteiger partial charge in [0.25, 0.3) is 5.56 Å². The van der Waals surface area contributed by atoms with Crippen molar-refractivity contribution in [2.24, 2.45) is 0 Å². The first kappa shape index (κ1) is 23.8. The number of benzene rings is 2. The summed E-state index contributed by atoms with van der Waals surface area (Å²) in [6.45, 7) is 1.35. The molecule has 0 saturated heterocycles. The van der Waals surface area contributed by atoms with Crippen LogP contribution in [-0.2, 0) is 6.54 Å². The van der Waals surface area contributed by atoms with Gasteiger partial charge >= 0.3 is 6.09 Å². The first-order chi connectivity index (χ1) is 15.2. The Balaban J connectivity index is 1.86. The van der Waals surface area contributed by atoms with E-state index in [2.05, 4.69) is 5.10 Å². The number of hydrogen-bond acceptors (Lipinski definition) is 4. The maximum atomic E-state index is 12.4. The molecule has 2 aromatic carbocycles. The second kappa shape index (κ2) is 10.6. The zero-order chi connectivity index (χ0) is 23.3. The molecular weight excluding hydrogens is 451 g/mol. The molecule has 3 rings (SSSR count). The fourth-order valence-electron chi connectivity index (χ4n) is 3.29. The zero-order valence-electron chi connectivity index (χ0n) is 17.8. The molecule has 9 heteroatoms. The smallest absolute Gasteiger partial charge is 0.411 e. The minimum atomic E-state index is -1.02. The largest absolute Gasteiger partial charge is 0.465 e. The van der Waals surface area contributed by atoms with Crippen LogP contribution in [0.3, 0.4) is 0 Å². The SMILES string of the molecule is CN(C)CCCN(C(=O)O)c1cccc(Cn2nc(-c3cc(Cl)cc(Cl)c3)ccc2=O)c1. The van der Waals surface area contributed by atoms with E-state index in [1.807, 2.05) is 25.1 Å². The van der Waals surface area contributed by atoms with Crippen LogP contribution in [0.4, 0.5) is 10.5 Å². The van der Waals surface area contributed by atoms with Crippen LogP contribution in [0, 0.1) is 0 Å². The van der Waals surface area contributed by atoms with E-state index in [0.29, 0.717) is 40.0 Å². The minimum Gasteiger partial charge on any atom is -0.465 e. The Hall–Kier alpha value is -2.87. The monoisotopic (exact) mass is 474 g/mol. The van der Waals surface area contributed by atoms with E-state index in [4.69, 9.17) is 23.2 Å². The van der Waals surface area contributed by atoms with E-state index in [9.17, 15) is 14.7 Å². The summed E-state index contributed by atoms with van der Waals surface area (Å²) in [5, 5.41) is 15.0. The third-order valence-electron chi connectivity index (χ3n) is 4.80. The third-order valence-corrected chi connectivity index (χ3v) is 5.23. The first-order valence-corrected chi connectivity index (χ1v) is 10.8. The van der Waals surface area contributed by atoms with Crippen molar-refractivity contribution < 1.29 is 9.90 Å². The van der Waals surface area contributed by atoms with Crippen molar-refractivity contribution in [1.82, 2.24) is 14.7 Å². The Labute approximate surface area is 196 Å². The average Bonchev–Trinajstić information content (AvgIpc) is 2.72. The summed E-state index contributed by atoms with van der Waals surface area (Å²) in [5.41, 5.74) is 2.30. The highest BCUT2D eigenvalue weighted by molar-refractivity contribution is 6.35. The van der Waals surface area contributed by atoms with Gasteiger partial charge in [0, 0.05) is 33.9 Å². The Bertz CT molecular complexity index is 1140. The lowest BCUT2D eigenvalue weighted by Gasteiger charge is -2.21. The van der Waals surface area contributed by atoms with Gasteiger partial charge in [0.15, 0.2) is 0 Å². The second-order valence-electron chi connectivity index (χ2n) is 7.63. The molecule has 1 heterocycles. The summed E-state index contributed by atoms with van der Waals surface area (Å²) in [4.78, 5) is 27.5. The van der Waals surface area contributed by atoms with Gasteiger partial charge in [0.05, 0.1) is 12.2 Å². The quantitative estimate of drug-likeness (QED) is 0.511. The van der Waals surface area contributed by atoms with Crippen molar-refractivity contribution in [3.8, 4) is 11.3 Å². The Morgan fingerprint density at radius 2 is 1.75 bits per heavy atom. The van der Waals surface area contributed by atoms with Gasteiger partial charge in [-0.25, -0.2) is 9.48 Å². The fraction of sp³-hybridized carbons (Fsp3) is 0.261. The average molecular weight is 475 g/mol. The molecule has 0 unspecified atom stereocenters. The Morgan fingerprint density at radius 1 is 1.03 bits per heavy atom. The highest BCUT2D eigenvalue weighted by Crippen LogP contribution is 2.25. The number of anilines is 1. The van der Waals surface area contributed by atoms with Crippen molar-refractivity contribution in [3.05, 3.63) is 80.6 Å². The molecule has 7 nitrogen and oxygen atoms in total. The minimum absolute atomic E-state index is 0.194. The Kier molecular flexibility index (Phi) is 7.90. The van der Waals surface area contributed by atoms with Crippen LogP contribution in [0.5, 0.6) is 0 Å². The van der Waals surface area contributed by atoms with E-state index in [1.165, 1.54) is 15.6 Å². The van der Waals surface area contributed by atoms with Gasteiger partial charge in [-0.05, 0) is 69.0 Å². The van der Waals surface area contributed by atoms with Gasteiger partial charge in [-0.1, -0.05) is 35.3 Å². The van der Waals surface area contributed by atoms with Crippen LogP contribution in [0.15, 0.2) is 59.4 Å². The number of amides is 1. The summed E-state index contributed by atoms with van der Waals surface area (Å²) >= 11 is 12.2. The van der Waals surface area contributed by atoms with Crippen molar-refractivity contribution in [2.45, 2.75) is 13.0 Å². The number of halogens is 2. The van der Waals surface area contributed by atoms with Crippen LogP contribution in [0.2, 0.25) is 10.0 Å². The summed E-state index contributed by atoms with van der Waals surface area (Å²) in [5.74, 6) is 0. The number of carbonyl (C=O) groups is 1. The highest BCUT2D eigenvalue weighted by atomic mass is 35.5. The standard InChI is InChI=1S/C23H24Cl2N4O3/c1-27(2)9-4-10-28(23(31)32)20-6-3-5-16(11-20)15-29-22(30)8-7-21(26-29)17-12-18(24)14-19(25)13-17/h3,5-8,11-14H,4,9-10,15H2,1-2H3,(H,31,32). The topological polar surface area (TPSA) is 78.7 Å². The van der Waals surface area contributed by atoms with Gasteiger partial charge in [-0.2, -0.15) is 5.10 Å². The van der Waals surface area contributed by atoms with E-state index < -0.39 is 6.09 Å². The van der Waals surface area contributed by atoms with Gasteiger partial charge in [0.2, 0.25) is 0 Å². The number of nitrogens with zero attached hydrogens (tertiary/aromatic N) is 4.